The Labute approximate surface area is 142 Å². The Morgan fingerprint density at radius 1 is 1.29 bits per heavy atom. The summed E-state index contributed by atoms with van der Waals surface area (Å²) >= 11 is 0. The lowest BCUT2D eigenvalue weighted by Crippen LogP contribution is -2.32. The number of likely N-dealkylation sites (tertiary alicyclic amines) is 1. The van der Waals surface area contributed by atoms with E-state index in [1.54, 1.807) is 0 Å². The van der Waals surface area contributed by atoms with Crippen molar-refractivity contribution in [2.75, 3.05) is 6.54 Å². The Hall–Kier alpha value is -2.17. The molecule has 126 valence electrons. The molecular weight excluding hydrogens is 302 g/mol. The molecule has 0 radical (unpaired) electrons. The van der Waals surface area contributed by atoms with E-state index in [1.165, 1.54) is 24.0 Å². The first kappa shape index (κ1) is 15.4. The fourth-order valence-electron chi connectivity index (χ4n) is 3.89. The first-order valence-electron chi connectivity index (χ1n) is 8.97. The van der Waals surface area contributed by atoms with Crippen LogP contribution in [0.4, 0.5) is 0 Å². The van der Waals surface area contributed by atoms with E-state index in [-0.39, 0.29) is 11.9 Å². The Kier molecular flexibility index (Phi) is 4.08. The third-order valence-electron chi connectivity index (χ3n) is 5.18. The minimum Gasteiger partial charge on any atom is -0.339 e. The van der Waals surface area contributed by atoms with Crippen molar-refractivity contribution in [1.29, 1.82) is 0 Å². The molecule has 2 aliphatic rings. The summed E-state index contributed by atoms with van der Waals surface area (Å²) in [5.74, 6) is 1.47. The molecule has 1 unspecified atom stereocenters. The van der Waals surface area contributed by atoms with Crippen LogP contribution in [-0.4, -0.2) is 27.5 Å². The highest BCUT2D eigenvalue weighted by molar-refractivity contribution is 5.79. The molecule has 1 saturated heterocycles. The van der Waals surface area contributed by atoms with Gasteiger partial charge >= 0.3 is 0 Å². The summed E-state index contributed by atoms with van der Waals surface area (Å²) in [6.07, 6.45) is 6.65. The van der Waals surface area contributed by atoms with Gasteiger partial charge in [-0.1, -0.05) is 30.3 Å². The molecule has 5 heteroatoms. The van der Waals surface area contributed by atoms with Crippen LogP contribution in [-0.2, 0) is 30.5 Å². The van der Waals surface area contributed by atoms with Crippen molar-refractivity contribution < 1.29 is 9.32 Å². The summed E-state index contributed by atoms with van der Waals surface area (Å²) in [5.41, 5.74) is 3.99. The topological polar surface area (TPSA) is 59.2 Å². The SMILES string of the molecule is CCc1nc(C2CCCN2C(=O)Cc2ccc3c(c2)CCC3)no1. The van der Waals surface area contributed by atoms with Gasteiger partial charge in [0.05, 0.1) is 12.5 Å². The van der Waals surface area contributed by atoms with Crippen LogP contribution in [0.1, 0.15) is 60.6 Å². The van der Waals surface area contributed by atoms with Crippen molar-refractivity contribution in [1.82, 2.24) is 15.0 Å². The van der Waals surface area contributed by atoms with Crippen LogP contribution in [0.2, 0.25) is 0 Å². The van der Waals surface area contributed by atoms with Crippen molar-refractivity contribution in [3.63, 3.8) is 0 Å². The third kappa shape index (κ3) is 2.83. The molecule has 0 saturated carbocycles. The average molecular weight is 325 g/mol. The van der Waals surface area contributed by atoms with Gasteiger partial charge in [0, 0.05) is 13.0 Å². The van der Waals surface area contributed by atoms with Crippen LogP contribution in [0.25, 0.3) is 0 Å². The van der Waals surface area contributed by atoms with Gasteiger partial charge in [0.15, 0.2) is 5.82 Å². The van der Waals surface area contributed by atoms with Crippen LogP contribution in [0, 0.1) is 0 Å². The van der Waals surface area contributed by atoms with Gasteiger partial charge in [0.2, 0.25) is 11.8 Å². The van der Waals surface area contributed by atoms with E-state index in [9.17, 15) is 4.79 Å². The van der Waals surface area contributed by atoms with E-state index in [0.29, 0.717) is 18.1 Å². The standard InChI is InChI=1S/C19H23N3O2/c1-2-17-20-19(21-24-17)16-7-4-10-22(16)18(23)12-13-8-9-14-5-3-6-15(14)11-13/h8-9,11,16H,2-7,10,12H2,1H3. The zero-order valence-corrected chi connectivity index (χ0v) is 14.1. The van der Waals surface area contributed by atoms with Crippen molar-refractivity contribution in [2.24, 2.45) is 0 Å². The zero-order chi connectivity index (χ0) is 16.5. The van der Waals surface area contributed by atoms with E-state index in [4.69, 9.17) is 4.52 Å². The van der Waals surface area contributed by atoms with Gasteiger partial charge in [0.1, 0.15) is 0 Å². The third-order valence-corrected chi connectivity index (χ3v) is 5.18. The largest absolute Gasteiger partial charge is 0.339 e. The second-order valence-electron chi connectivity index (χ2n) is 6.78. The molecule has 1 atom stereocenters. The Morgan fingerprint density at radius 3 is 3.00 bits per heavy atom. The minimum atomic E-state index is -0.0315. The fraction of sp³-hybridized carbons (Fsp3) is 0.526. The summed E-state index contributed by atoms with van der Waals surface area (Å²) in [6, 6.07) is 6.49. The number of carbonyl (C=O) groups excluding carboxylic acids is 1. The first-order valence-corrected chi connectivity index (χ1v) is 8.97. The second kappa shape index (κ2) is 6.38. The lowest BCUT2D eigenvalue weighted by Gasteiger charge is -2.22. The van der Waals surface area contributed by atoms with Gasteiger partial charge < -0.3 is 9.42 Å². The molecule has 1 fully saturated rings. The second-order valence-corrected chi connectivity index (χ2v) is 6.78. The van der Waals surface area contributed by atoms with Crippen molar-refractivity contribution in [3.8, 4) is 0 Å². The average Bonchev–Trinajstić information content (AvgIpc) is 3.32. The number of amides is 1. The number of rotatable bonds is 4. The predicted molar refractivity (Wildman–Crippen MR) is 89.5 cm³/mol. The van der Waals surface area contributed by atoms with Gasteiger partial charge in [-0.25, -0.2) is 0 Å². The van der Waals surface area contributed by atoms with Crippen LogP contribution in [0.3, 0.4) is 0 Å². The maximum absolute atomic E-state index is 12.8. The van der Waals surface area contributed by atoms with E-state index in [2.05, 4.69) is 28.3 Å². The molecule has 2 aromatic rings. The van der Waals surface area contributed by atoms with Gasteiger partial charge in [0.25, 0.3) is 0 Å². The molecule has 5 nitrogen and oxygen atoms in total. The highest BCUT2D eigenvalue weighted by Crippen LogP contribution is 2.31. The number of hydrogen-bond donors (Lipinski definition) is 0. The van der Waals surface area contributed by atoms with Gasteiger partial charge in [-0.05, 0) is 48.8 Å². The molecule has 1 aromatic carbocycles. The van der Waals surface area contributed by atoms with E-state index in [0.717, 1.165) is 37.8 Å². The Bertz CT molecular complexity index is 753. The lowest BCUT2D eigenvalue weighted by atomic mass is 10.0. The molecule has 1 aliphatic carbocycles. The molecule has 24 heavy (non-hydrogen) atoms. The Balaban J connectivity index is 1.48. The van der Waals surface area contributed by atoms with E-state index >= 15 is 0 Å². The van der Waals surface area contributed by atoms with Crippen LogP contribution in [0.5, 0.6) is 0 Å². The van der Waals surface area contributed by atoms with Gasteiger partial charge in [-0.15, -0.1) is 0 Å². The maximum Gasteiger partial charge on any atom is 0.227 e. The molecule has 1 aliphatic heterocycles. The lowest BCUT2D eigenvalue weighted by molar-refractivity contribution is -0.131. The first-order chi connectivity index (χ1) is 11.7. The van der Waals surface area contributed by atoms with Crippen LogP contribution >= 0.6 is 0 Å². The van der Waals surface area contributed by atoms with Crippen molar-refractivity contribution >= 4 is 5.91 Å². The minimum absolute atomic E-state index is 0.0315. The number of aromatic nitrogens is 2. The molecule has 0 spiro atoms. The molecule has 0 bridgehead atoms. The number of aryl methyl sites for hydroxylation is 3. The van der Waals surface area contributed by atoms with Crippen molar-refractivity contribution in [3.05, 3.63) is 46.6 Å². The summed E-state index contributed by atoms with van der Waals surface area (Å²) in [4.78, 5) is 19.2. The number of benzene rings is 1. The molecule has 0 N–H and O–H groups in total. The number of hydrogen-bond acceptors (Lipinski definition) is 4. The van der Waals surface area contributed by atoms with E-state index < -0.39 is 0 Å². The van der Waals surface area contributed by atoms with Crippen molar-refractivity contribution in [2.45, 2.75) is 57.9 Å². The predicted octanol–water partition coefficient (Wildman–Crippen LogP) is 3.03. The smallest absolute Gasteiger partial charge is 0.227 e. The van der Waals surface area contributed by atoms with Crippen LogP contribution < -0.4 is 0 Å². The molecular formula is C19H23N3O2. The molecule has 1 aromatic heterocycles. The maximum atomic E-state index is 12.8. The Morgan fingerprint density at radius 2 is 2.17 bits per heavy atom. The number of nitrogens with zero attached hydrogens (tertiary/aromatic N) is 3. The molecule has 2 heterocycles. The number of fused-ring (bicyclic) bond motifs is 1. The van der Waals surface area contributed by atoms with Crippen LogP contribution in [0.15, 0.2) is 22.7 Å². The zero-order valence-electron chi connectivity index (χ0n) is 14.1. The van der Waals surface area contributed by atoms with Gasteiger partial charge in [-0.2, -0.15) is 4.98 Å². The summed E-state index contributed by atoms with van der Waals surface area (Å²) in [6.45, 7) is 2.77. The summed E-state index contributed by atoms with van der Waals surface area (Å²) < 4.78 is 5.22. The fourth-order valence-corrected chi connectivity index (χ4v) is 3.89. The quantitative estimate of drug-likeness (QED) is 0.867. The highest BCUT2D eigenvalue weighted by atomic mass is 16.5. The molecule has 1 amide bonds. The molecule has 4 rings (SSSR count). The highest BCUT2D eigenvalue weighted by Gasteiger charge is 2.33. The van der Waals surface area contributed by atoms with Gasteiger partial charge in [-0.3, -0.25) is 4.79 Å². The number of carbonyl (C=O) groups is 1. The monoisotopic (exact) mass is 325 g/mol. The van der Waals surface area contributed by atoms with E-state index in [1.807, 2.05) is 11.8 Å². The summed E-state index contributed by atoms with van der Waals surface area (Å²) in [7, 11) is 0. The normalized spacial score (nSPS) is 19.7. The summed E-state index contributed by atoms with van der Waals surface area (Å²) in [5, 5.41) is 4.08.